The lowest BCUT2D eigenvalue weighted by Crippen LogP contribution is -2.21. The van der Waals surface area contributed by atoms with E-state index in [1.165, 1.54) is 19.2 Å². The molecule has 0 amide bonds. The first-order valence-corrected chi connectivity index (χ1v) is 4.59. The van der Waals surface area contributed by atoms with E-state index in [-0.39, 0.29) is 12.4 Å². The van der Waals surface area contributed by atoms with E-state index in [0.717, 1.165) is 5.56 Å². The first kappa shape index (κ1) is 11.7. The molecule has 1 aromatic carbocycles. The maximum Gasteiger partial charge on any atom is 0.309 e. The fourth-order valence-electron chi connectivity index (χ4n) is 1.32. The van der Waals surface area contributed by atoms with E-state index >= 15 is 0 Å². The standard InChI is InChI=1S/C11H13FO3/c1-15-7-9(11(13)14)6-8-2-4-10(12)5-3-8/h2-5,9H,6-7H2,1H3,(H,13,14). The Balaban J connectivity index is 2.65. The van der Waals surface area contributed by atoms with Crippen LogP contribution >= 0.6 is 0 Å². The Bertz CT molecular complexity index is 321. The fourth-order valence-corrected chi connectivity index (χ4v) is 1.32. The van der Waals surface area contributed by atoms with Crippen LogP contribution in [0, 0.1) is 11.7 Å². The predicted octanol–water partition coefficient (Wildman–Crippen LogP) is 1.72. The maximum atomic E-state index is 12.6. The van der Waals surface area contributed by atoms with Gasteiger partial charge in [0, 0.05) is 7.11 Å². The van der Waals surface area contributed by atoms with Gasteiger partial charge in [-0.1, -0.05) is 12.1 Å². The minimum Gasteiger partial charge on any atom is -0.481 e. The summed E-state index contributed by atoms with van der Waals surface area (Å²) in [5.74, 6) is -1.81. The molecule has 0 aliphatic rings. The first-order valence-electron chi connectivity index (χ1n) is 4.59. The van der Waals surface area contributed by atoms with Crippen molar-refractivity contribution in [3.8, 4) is 0 Å². The molecule has 3 nitrogen and oxygen atoms in total. The lowest BCUT2D eigenvalue weighted by Gasteiger charge is -2.10. The van der Waals surface area contributed by atoms with Crippen LogP contribution in [0.5, 0.6) is 0 Å². The van der Waals surface area contributed by atoms with Gasteiger partial charge in [0.05, 0.1) is 12.5 Å². The summed E-state index contributed by atoms with van der Waals surface area (Å²) in [6, 6.07) is 5.81. The van der Waals surface area contributed by atoms with Gasteiger partial charge in [-0.3, -0.25) is 4.79 Å². The number of ether oxygens (including phenoxy) is 1. The summed E-state index contributed by atoms with van der Waals surface area (Å²) in [4.78, 5) is 10.8. The monoisotopic (exact) mass is 212 g/mol. The van der Waals surface area contributed by atoms with Crippen molar-refractivity contribution in [3.05, 3.63) is 35.6 Å². The average Bonchev–Trinajstić information content (AvgIpc) is 2.20. The summed E-state index contributed by atoms with van der Waals surface area (Å²) < 4.78 is 17.4. The molecule has 0 bridgehead atoms. The Hall–Kier alpha value is -1.42. The second-order valence-electron chi connectivity index (χ2n) is 3.32. The van der Waals surface area contributed by atoms with Crippen LogP contribution in [0.3, 0.4) is 0 Å². The van der Waals surface area contributed by atoms with Crippen LogP contribution in [-0.4, -0.2) is 24.8 Å². The van der Waals surface area contributed by atoms with Crippen molar-refractivity contribution in [2.24, 2.45) is 5.92 Å². The molecule has 0 spiro atoms. The van der Waals surface area contributed by atoms with Crippen LogP contribution in [-0.2, 0) is 16.0 Å². The van der Waals surface area contributed by atoms with E-state index in [0.29, 0.717) is 6.42 Å². The van der Waals surface area contributed by atoms with Gasteiger partial charge >= 0.3 is 5.97 Å². The Kier molecular flexibility index (Phi) is 4.24. The fraction of sp³-hybridized carbons (Fsp3) is 0.364. The highest BCUT2D eigenvalue weighted by Gasteiger charge is 2.17. The molecule has 0 aromatic heterocycles. The van der Waals surface area contributed by atoms with Crippen LogP contribution < -0.4 is 0 Å². The van der Waals surface area contributed by atoms with Gasteiger partial charge in [0.25, 0.3) is 0 Å². The number of carbonyl (C=O) groups is 1. The van der Waals surface area contributed by atoms with Crippen molar-refractivity contribution in [2.45, 2.75) is 6.42 Å². The first-order chi connectivity index (χ1) is 7.13. The minimum atomic E-state index is -0.902. The molecule has 1 atom stereocenters. The Morgan fingerprint density at radius 1 is 1.47 bits per heavy atom. The number of carboxylic acids is 1. The van der Waals surface area contributed by atoms with Gasteiger partial charge in [-0.2, -0.15) is 0 Å². The maximum absolute atomic E-state index is 12.6. The zero-order valence-electron chi connectivity index (χ0n) is 8.44. The molecule has 82 valence electrons. The molecule has 0 saturated heterocycles. The Morgan fingerprint density at radius 2 is 2.07 bits per heavy atom. The third-order valence-electron chi connectivity index (χ3n) is 2.11. The van der Waals surface area contributed by atoms with E-state index in [4.69, 9.17) is 9.84 Å². The highest BCUT2D eigenvalue weighted by Crippen LogP contribution is 2.10. The van der Waals surface area contributed by atoms with Gasteiger partial charge in [-0.15, -0.1) is 0 Å². The normalized spacial score (nSPS) is 12.4. The number of aliphatic carboxylic acids is 1. The molecule has 1 unspecified atom stereocenters. The third kappa shape index (κ3) is 3.67. The minimum absolute atomic E-state index is 0.159. The van der Waals surface area contributed by atoms with Crippen molar-refractivity contribution in [1.29, 1.82) is 0 Å². The van der Waals surface area contributed by atoms with Crippen LogP contribution in [0.1, 0.15) is 5.56 Å². The largest absolute Gasteiger partial charge is 0.481 e. The van der Waals surface area contributed by atoms with E-state index in [9.17, 15) is 9.18 Å². The van der Waals surface area contributed by atoms with Crippen molar-refractivity contribution < 1.29 is 19.0 Å². The number of hydrogen-bond acceptors (Lipinski definition) is 2. The Morgan fingerprint density at radius 3 is 2.53 bits per heavy atom. The van der Waals surface area contributed by atoms with Crippen molar-refractivity contribution in [2.75, 3.05) is 13.7 Å². The van der Waals surface area contributed by atoms with Crippen LogP contribution in [0.4, 0.5) is 4.39 Å². The summed E-state index contributed by atoms with van der Waals surface area (Å²) in [7, 11) is 1.46. The molecule has 0 radical (unpaired) electrons. The van der Waals surface area contributed by atoms with E-state index in [2.05, 4.69) is 0 Å². The topological polar surface area (TPSA) is 46.5 Å². The lowest BCUT2D eigenvalue weighted by molar-refractivity contribution is -0.143. The summed E-state index contributed by atoms with van der Waals surface area (Å²) in [6.45, 7) is 0.159. The zero-order valence-corrected chi connectivity index (χ0v) is 8.44. The van der Waals surface area contributed by atoms with Gasteiger partial charge in [0.1, 0.15) is 5.82 Å². The van der Waals surface area contributed by atoms with Crippen molar-refractivity contribution in [3.63, 3.8) is 0 Å². The molecule has 0 saturated carbocycles. The van der Waals surface area contributed by atoms with E-state index < -0.39 is 11.9 Å². The van der Waals surface area contributed by atoms with Crippen molar-refractivity contribution >= 4 is 5.97 Å². The lowest BCUT2D eigenvalue weighted by atomic mass is 10.0. The number of hydrogen-bond donors (Lipinski definition) is 1. The number of halogens is 1. The summed E-state index contributed by atoms with van der Waals surface area (Å²) >= 11 is 0. The molecule has 0 fully saturated rings. The van der Waals surface area contributed by atoms with Crippen LogP contribution in [0.15, 0.2) is 24.3 Å². The van der Waals surface area contributed by atoms with Crippen LogP contribution in [0.2, 0.25) is 0 Å². The second kappa shape index (κ2) is 5.46. The number of rotatable bonds is 5. The molecule has 0 aliphatic carbocycles. The molecule has 0 aliphatic heterocycles. The highest BCUT2D eigenvalue weighted by molar-refractivity contribution is 5.70. The smallest absolute Gasteiger partial charge is 0.309 e. The molecule has 1 N–H and O–H groups in total. The van der Waals surface area contributed by atoms with Gasteiger partial charge in [-0.05, 0) is 24.1 Å². The van der Waals surface area contributed by atoms with E-state index in [1.54, 1.807) is 12.1 Å². The van der Waals surface area contributed by atoms with E-state index in [1.807, 2.05) is 0 Å². The highest BCUT2D eigenvalue weighted by atomic mass is 19.1. The number of benzene rings is 1. The molecule has 1 aromatic rings. The molecule has 0 heterocycles. The molecular weight excluding hydrogens is 199 g/mol. The molecule has 15 heavy (non-hydrogen) atoms. The molecular formula is C11H13FO3. The molecule has 1 rings (SSSR count). The number of methoxy groups -OCH3 is 1. The van der Waals surface area contributed by atoms with Gasteiger partial charge in [0.15, 0.2) is 0 Å². The van der Waals surface area contributed by atoms with Crippen LogP contribution in [0.25, 0.3) is 0 Å². The van der Waals surface area contributed by atoms with Gasteiger partial charge < -0.3 is 9.84 Å². The Labute approximate surface area is 87.5 Å². The van der Waals surface area contributed by atoms with Gasteiger partial charge in [-0.25, -0.2) is 4.39 Å². The summed E-state index contributed by atoms with van der Waals surface area (Å²) in [5, 5.41) is 8.87. The summed E-state index contributed by atoms with van der Waals surface area (Å²) in [5.41, 5.74) is 0.792. The average molecular weight is 212 g/mol. The summed E-state index contributed by atoms with van der Waals surface area (Å²) in [6.07, 6.45) is 0.351. The predicted molar refractivity (Wildman–Crippen MR) is 53.1 cm³/mol. The van der Waals surface area contributed by atoms with Crippen molar-refractivity contribution in [1.82, 2.24) is 0 Å². The quantitative estimate of drug-likeness (QED) is 0.808. The SMILES string of the molecule is COCC(Cc1ccc(F)cc1)C(=O)O. The van der Waals surface area contributed by atoms with Gasteiger partial charge in [0.2, 0.25) is 0 Å². The second-order valence-corrected chi connectivity index (χ2v) is 3.32. The third-order valence-corrected chi connectivity index (χ3v) is 2.11. The molecule has 4 heteroatoms. The zero-order chi connectivity index (χ0) is 11.3. The number of carboxylic acid groups (broad SMARTS) is 1.